The third-order valence-corrected chi connectivity index (χ3v) is 3.70. The van der Waals surface area contributed by atoms with Crippen LogP contribution in [0.3, 0.4) is 0 Å². The molecule has 0 atom stereocenters. The molecule has 68 valence electrons. The molecule has 0 fully saturated rings. The summed E-state index contributed by atoms with van der Waals surface area (Å²) < 4.78 is 2.07. The summed E-state index contributed by atoms with van der Waals surface area (Å²) in [5.41, 5.74) is 1.46. The fourth-order valence-corrected chi connectivity index (χ4v) is 2.55. The fraction of sp³-hybridized carbons (Fsp3) is 0.250. The van der Waals surface area contributed by atoms with Crippen LogP contribution in [-0.4, -0.2) is 22.0 Å². The number of nitrogens with zero attached hydrogens (tertiary/aromatic N) is 1. The smallest absolute Gasteiger partial charge is 0.176 e. The molecule has 0 radical (unpaired) electrons. The van der Waals surface area contributed by atoms with E-state index >= 15 is 0 Å². The van der Waals surface area contributed by atoms with Gasteiger partial charge >= 0.3 is 0 Å². The van der Waals surface area contributed by atoms with Gasteiger partial charge < -0.3 is 4.98 Å². The maximum absolute atomic E-state index is 11.0. The molecule has 0 saturated carbocycles. The van der Waals surface area contributed by atoms with Crippen LogP contribution in [0, 0.1) is 0 Å². The van der Waals surface area contributed by atoms with E-state index in [0.717, 1.165) is 14.7 Å². The van der Waals surface area contributed by atoms with Gasteiger partial charge in [-0.05, 0) is 12.3 Å². The van der Waals surface area contributed by atoms with Crippen molar-refractivity contribution in [1.82, 2.24) is 9.97 Å². The van der Waals surface area contributed by atoms with Crippen molar-refractivity contribution in [1.29, 1.82) is 0 Å². The number of Topliss-reactive ketones (excluding diaryl/α,β-unsaturated/α-hetero) is 1. The van der Waals surface area contributed by atoms with Crippen LogP contribution >= 0.6 is 23.1 Å². The molecule has 0 unspecified atom stereocenters. The quantitative estimate of drug-likeness (QED) is 0.614. The highest BCUT2D eigenvalue weighted by atomic mass is 32.2. The average molecular weight is 212 g/mol. The fourth-order valence-electron chi connectivity index (χ4n) is 1.07. The second-order valence-corrected chi connectivity index (χ2v) is 4.72. The lowest BCUT2D eigenvalue weighted by Crippen LogP contribution is -1.90. The van der Waals surface area contributed by atoms with Crippen molar-refractivity contribution in [2.24, 2.45) is 0 Å². The van der Waals surface area contributed by atoms with E-state index < -0.39 is 0 Å². The Bertz CT molecular complexity index is 426. The lowest BCUT2D eigenvalue weighted by molar-refractivity contribution is 0.101. The predicted molar refractivity (Wildman–Crippen MR) is 55.8 cm³/mol. The number of carbonyl (C=O) groups is 1. The highest BCUT2D eigenvalue weighted by Gasteiger charge is 2.08. The van der Waals surface area contributed by atoms with E-state index in [9.17, 15) is 4.79 Å². The zero-order valence-corrected chi connectivity index (χ0v) is 8.88. The molecule has 0 bridgehead atoms. The Balaban J connectivity index is 2.54. The number of thioether (sulfide) groups is 1. The summed E-state index contributed by atoms with van der Waals surface area (Å²) in [6.45, 7) is 1.55. The van der Waals surface area contributed by atoms with Gasteiger partial charge in [0, 0.05) is 6.92 Å². The second kappa shape index (κ2) is 3.16. The molecule has 0 aromatic carbocycles. The lowest BCUT2D eigenvalue weighted by Gasteiger charge is -1.85. The Morgan fingerprint density at radius 3 is 3.00 bits per heavy atom. The van der Waals surface area contributed by atoms with Crippen LogP contribution in [-0.2, 0) is 0 Å². The minimum atomic E-state index is 0.0518. The van der Waals surface area contributed by atoms with E-state index in [2.05, 4.69) is 9.97 Å². The first kappa shape index (κ1) is 8.77. The number of thiazole rings is 1. The topological polar surface area (TPSA) is 45.8 Å². The molecule has 3 nitrogen and oxygen atoms in total. The van der Waals surface area contributed by atoms with Crippen molar-refractivity contribution >= 4 is 39.2 Å². The number of nitrogens with one attached hydrogen (secondary N) is 1. The summed E-state index contributed by atoms with van der Waals surface area (Å²) in [5, 5.41) is 0. The monoisotopic (exact) mass is 212 g/mol. The van der Waals surface area contributed by atoms with Gasteiger partial charge in [-0.15, -0.1) is 11.3 Å². The summed E-state index contributed by atoms with van der Waals surface area (Å²) in [6.07, 6.45) is 1.99. The van der Waals surface area contributed by atoms with Gasteiger partial charge in [-0.25, -0.2) is 4.98 Å². The van der Waals surface area contributed by atoms with E-state index in [1.165, 1.54) is 0 Å². The van der Waals surface area contributed by atoms with Crippen molar-refractivity contribution in [2.45, 2.75) is 11.3 Å². The first-order valence-electron chi connectivity index (χ1n) is 3.75. The molecule has 2 aromatic heterocycles. The van der Waals surface area contributed by atoms with E-state index in [1.54, 1.807) is 30.0 Å². The molecule has 0 aliphatic carbocycles. The molecule has 2 heterocycles. The number of aromatic nitrogens is 2. The number of ketones is 1. The molecule has 0 aliphatic heterocycles. The van der Waals surface area contributed by atoms with Crippen LogP contribution in [0.15, 0.2) is 10.4 Å². The number of fused-ring (bicyclic) bond motifs is 1. The van der Waals surface area contributed by atoms with Gasteiger partial charge in [-0.3, -0.25) is 4.79 Å². The molecule has 0 spiro atoms. The normalized spacial score (nSPS) is 10.9. The molecule has 13 heavy (non-hydrogen) atoms. The number of aromatic amines is 1. The average Bonchev–Trinajstić information content (AvgIpc) is 2.58. The van der Waals surface area contributed by atoms with Gasteiger partial charge in [0.25, 0.3) is 0 Å². The van der Waals surface area contributed by atoms with Crippen molar-refractivity contribution < 1.29 is 4.79 Å². The molecule has 1 N–H and O–H groups in total. The van der Waals surface area contributed by atoms with Crippen LogP contribution in [0.5, 0.6) is 0 Å². The van der Waals surface area contributed by atoms with Gasteiger partial charge in [-0.1, -0.05) is 11.8 Å². The Hall–Kier alpha value is -0.810. The lowest BCUT2D eigenvalue weighted by atomic mass is 10.3. The van der Waals surface area contributed by atoms with Crippen molar-refractivity contribution in [3.8, 4) is 0 Å². The van der Waals surface area contributed by atoms with Gasteiger partial charge in [0.2, 0.25) is 0 Å². The van der Waals surface area contributed by atoms with Crippen LogP contribution < -0.4 is 0 Å². The largest absolute Gasteiger partial charge is 0.336 e. The summed E-state index contributed by atoms with van der Waals surface area (Å²) >= 11 is 3.22. The van der Waals surface area contributed by atoms with Crippen molar-refractivity contribution in [2.75, 3.05) is 6.26 Å². The summed E-state index contributed by atoms with van der Waals surface area (Å²) in [6, 6.07) is 1.86. The zero-order chi connectivity index (χ0) is 9.42. The first-order valence-corrected chi connectivity index (χ1v) is 5.79. The summed E-state index contributed by atoms with van der Waals surface area (Å²) in [7, 11) is 0. The standard InChI is InChI=1S/C8H8N2OS2/c1-4(11)5-3-6-7(9-5)10-8(12-2)13-6/h3,9H,1-2H3. The first-order chi connectivity index (χ1) is 6.20. The van der Waals surface area contributed by atoms with E-state index in [4.69, 9.17) is 0 Å². The number of carbonyl (C=O) groups excluding carboxylic acids is 1. The van der Waals surface area contributed by atoms with Crippen LogP contribution in [0.4, 0.5) is 0 Å². The van der Waals surface area contributed by atoms with Gasteiger partial charge in [0.15, 0.2) is 10.1 Å². The number of rotatable bonds is 2. The number of H-pyrrole nitrogens is 1. The predicted octanol–water partition coefficient (Wildman–Crippen LogP) is 2.55. The van der Waals surface area contributed by atoms with Crippen LogP contribution in [0.2, 0.25) is 0 Å². The summed E-state index contributed by atoms with van der Waals surface area (Å²) in [4.78, 5) is 18.3. The Kier molecular flexibility index (Phi) is 2.13. The highest BCUT2D eigenvalue weighted by Crippen LogP contribution is 2.28. The van der Waals surface area contributed by atoms with Gasteiger partial charge in [0.05, 0.1) is 10.4 Å². The minimum absolute atomic E-state index is 0.0518. The number of hydrogen-bond donors (Lipinski definition) is 1. The van der Waals surface area contributed by atoms with Crippen molar-refractivity contribution in [3.63, 3.8) is 0 Å². The van der Waals surface area contributed by atoms with Crippen molar-refractivity contribution in [3.05, 3.63) is 11.8 Å². The summed E-state index contributed by atoms with van der Waals surface area (Å²) in [5.74, 6) is 0.0518. The SMILES string of the molecule is CSc1nc2[nH]c(C(C)=O)cc2s1. The van der Waals surface area contributed by atoms with E-state index in [1.807, 2.05) is 12.3 Å². The molecule has 0 aliphatic rings. The van der Waals surface area contributed by atoms with E-state index in [0.29, 0.717) is 5.69 Å². The number of hydrogen-bond acceptors (Lipinski definition) is 4. The van der Waals surface area contributed by atoms with Gasteiger partial charge in [-0.2, -0.15) is 0 Å². The Morgan fingerprint density at radius 2 is 2.46 bits per heavy atom. The molecule has 5 heteroatoms. The molecule has 2 aromatic rings. The maximum atomic E-state index is 11.0. The maximum Gasteiger partial charge on any atom is 0.176 e. The molecule has 2 rings (SSSR count). The third kappa shape index (κ3) is 1.49. The molecule has 0 saturated heterocycles. The van der Waals surface area contributed by atoms with Crippen LogP contribution in [0.25, 0.3) is 10.3 Å². The van der Waals surface area contributed by atoms with E-state index in [-0.39, 0.29) is 5.78 Å². The van der Waals surface area contributed by atoms with Crippen LogP contribution in [0.1, 0.15) is 17.4 Å². The molecular formula is C8H8N2OS2. The minimum Gasteiger partial charge on any atom is -0.336 e. The van der Waals surface area contributed by atoms with Gasteiger partial charge in [0.1, 0.15) is 5.65 Å². The molecular weight excluding hydrogens is 204 g/mol. The zero-order valence-electron chi connectivity index (χ0n) is 7.25. The molecule has 0 amide bonds. The highest BCUT2D eigenvalue weighted by molar-refractivity contribution is 8.00. The Labute approximate surface area is 83.6 Å². The Morgan fingerprint density at radius 1 is 1.69 bits per heavy atom. The third-order valence-electron chi connectivity index (χ3n) is 1.72. The second-order valence-electron chi connectivity index (χ2n) is 2.64.